The van der Waals surface area contributed by atoms with Gasteiger partial charge in [0.2, 0.25) is 0 Å². The molecule has 3 aromatic rings. The predicted molar refractivity (Wildman–Crippen MR) is 137 cm³/mol. The zero-order valence-corrected chi connectivity index (χ0v) is 25.2. The van der Waals surface area contributed by atoms with Gasteiger partial charge >= 0.3 is 218 Å². The molecule has 190 valence electrons. The van der Waals surface area contributed by atoms with Crippen LogP contribution in [0.1, 0.15) is 96.5 Å². The average molecular weight is 549 g/mol. The summed E-state index contributed by atoms with van der Waals surface area (Å²) < 4.78 is 4.70. The number of aryl methyl sites for hydroxylation is 3. The topological polar surface area (TPSA) is 53.5 Å². The maximum atomic E-state index is 7.08. The Kier molecular flexibility index (Phi) is 6.98. The summed E-state index contributed by atoms with van der Waals surface area (Å²) in [5.41, 5.74) is 5.34. The third-order valence-corrected chi connectivity index (χ3v) is 8.90. The van der Waals surface area contributed by atoms with Crippen LogP contribution in [-0.4, -0.2) is 29.3 Å². The first-order chi connectivity index (χ1) is 15.3. The first-order valence-corrected chi connectivity index (χ1v) is 15.4. The van der Waals surface area contributed by atoms with E-state index >= 15 is 0 Å². The summed E-state index contributed by atoms with van der Waals surface area (Å²) in [5, 5.41) is 15.3. The fourth-order valence-corrected chi connectivity index (χ4v) is 6.70. The fraction of sp³-hybridized carbons (Fsp3) is 0.640. The Morgan fingerprint density at radius 2 is 0.794 bits per heavy atom. The van der Waals surface area contributed by atoms with Crippen LogP contribution in [0.15, 0.2) is 18.2 Å². The first kappa shape index (κ1) is 27.3. The van der Waals surface area contributed by atoms with Gasteiger partial charge in [0.1, 0.15) is 0 Å². The number of hydrogen-bond acceptors (Lipinski definition) is 3. The van der Waals surface area contributed by atoms with Crippen molar-refractivity contribution < 1.29 is 12.1 Å². The van der Waals surface area contributed by atoms with E-state index in [4.69, 9.17) is 35.5 Å². The van der Waals surface area contributed by atoms with Gasteiger partial charge in [-0.2, -0.15) is 0 Å². The van der Waals surface area contributed by atoms with Gasteiger partial charge in [-0.25, -0.2) is 0 Å². The van der Waals surface area contributed by atoms with Crippen LogP contribution < -0.4 is 0 Å². The van der Waals surface area contributed by atoms with Crippen LogP contribution >= 0.6 is 20.2 Å². The summed E-state index contributed by atoms with van der Waals surface area (Å²) >= 11 is -2.23. The van der Waals surface area contributed by atoms with Crippen LogP contribution in [-0.2, 0) is 33.0 Å². The molecule has 3 heterocycles. The van der Waals surface area contributed by atoms with Crippen molar-refractivity contribution in [3.63, 3.8) is 0 Å². The summed E-state index contributed by atoms with van der Waals surface area (Å²) in [5.74, 6) is 0. The molecule has 0 aromatic carbocycles. The van der Waals surface area contributed by atoms with Crippen LogP contribution in [0, 0.1) is 20.8 Å². The van der Waals surface area contributed by atoms with Gasteiger partial charge in [0.15, 0.2) is 0 Å². The van der Waals surface area contributed by atoms with Crippen molar-refractivity contribution in [2.75, 3.05) is 0 Å². The van der Waals surface area contributed by atoms with Crippen molar-refractivity contribution in [3.8, 4) is 0 Å². The quantitative estimate of drug-likeness (QED) is 0.341. The van der Waals surface area contributed by atoms with Crippen LogP contribution in [0.3, 0.4) is 0 Å². The van der Waals surface area contributed by atoms with Crippen molar-refractivity contribution in [2.45, 2.75) is 104 Å². The van der Waals surface area contributed by atoms with Gasteiger partial charge in [-0.15, -0.1) is 0 Å². The van der Waals surface area contributed by atoms with Crippen LogP contribution in [0.2, 0.25) is 0 Å². The molecule has 0 radical (unpaired) electrons. The van der Waals surface area contributed by atoms with E-state index < -0.39 is 16.8 Å². The molecule has 0 bridgehead atoms. The van der Waals surface area contributed by atoms with Gasteiger partial charge in [-0.3, -0.25) is 0 Å². The van der Waals surface area contributed by atoms with E-state index in [-0.39, 0.29) is 16.2 Å². The van der Waals surface area contributed by atoms with Gasteiger partial charge in [0.25, 0.3) is 0 Å². The summed E-state index contributed by atoms with van der Waals surface area (Å²) in [7, 11) is 14.2. The van der Waals surface area contributed by atoms with E-state index in [9.17, 15) is 0 Å². The average Bonchev–Trinajstić information content (AvgIpc) is 3.34. The van der Waals surface area contributed by atoms with Crippen LogP contribution in [0.25, 0.3) is 0 Å². The fourth-order valence-electron chi connectivity index (χ4n) is 3.84. The molecule has 9 heteroatoms. The van der Waals surface area contributed by atoms with Crippen molar-refractivity contribution in [1.82, 2.24) is 29.3 Å². The molecule has 6 nitrogen and oxygen atoms in total. The molecule has 0 saturated heterocycles. The van der Waals surface area contributed by atoms with E-state index in [0.29, 0.717) is 0 Å². The zero-order chi connectivity index (χ0) is 26.0. The molecule has 0 aliphatic heterocycles. The molecule has 0 amide bonds. The Bertz CT molecular complexity index is 1040. The Morgan fingerprint density at radius 1 is 0.559 bits per heavy atom. The van der Waals surface area contributed by atoms with Crippen molar-refractivity contribution in [2.24, 2.45) is 0 Å². The molecule has 0 saturated carbocycles. The van der Waals surface area contributed by atoms with E-state index in [0.717, 1.165) is 34.2 Å². The van der Waals surface area contributed by atoms with E-state index in [1.807, 2.05) is 34.8 Å². The molecule has 3 rings (SSSR count). The molecule has 3 aromatic heterocycles. The summed E-state index contributed by atoms with van der Waals surface area (Å²) in [6.07, 6.45) is 0. The molecular formula is C25H39Cl2MnN6. The molecule has 34 heavy (non-hydrogen) atoms. The molecule has 0 N–H and O–H groups in total. The Balaban J connectivity index is 2.50. The van der Waals surface area contributed by atoms with E-state index in [1.54, 1.807) is 0 Å². The molecule has 0 unspecified atom stereocenters. The van der Waals surface area contributed by atoms with Gasteiger partial charge in [0.05, 0.1) is 0 Å². The molecule has 0 fully saturated rings. The van der Waals surface area contributed by atoms with Crippen molar-refractivity contribution >= 4 is 20.2 Å². The molecule has 0 spiro atoms. The minimum absolute atomic E-state index is 0.140. The molecule has 0 aliphatic rings. The van der Waals surface area contributed by atoms with E-state index in [1.165, 1.54) is 0 Å². The van der Waals surface area contributed by atoms with Gasteiger partial charge in [-0.1, -0.05) is 0 Å². The maximum absolute atomic E-state index is 7.08. The first-order valence-electron chi connectivity index (χ1n) is 11.6. The Labute approximate surface area is 217 Å². The second-order valence-electron chi connectivity index (χ2n) is 12.2. The number of hydrogen-bond donors (Lipinski definition) is 0. The van der Waals surface area contributed by atoms with Crippen molar-refractivity contribution in [1.29, 1.82) is 0 Å². The second-order valence-corrected chi connectivity index (χ2v) is 16.6. The monoisotopic (exact) mass is 548 g/mol. The van der Waals surface area contributed by atoms with Crippen molar-refractivity contribution in [3.05, 3.63) is 52.4 Å². The van der Waals surface area contributed by atoms with Gasteiger partial charge < -0.3 is 0 Å². The molecular weight excluding hydrogens is 510 g/mol. The van der Waals surface area contributed by atoms with Crippen LogP contribution in [0.4, 0.5) is 0 Å². The van der Waals surface area contributed by atoms with E-state index in [2.05, 4.69) is 80.5 Å². The van der Waals surface area contributed by atoms with Gasteiger partial charge in [-0.05, 0) is 0 Å². The normalized spacial score (nSPS) is 14.1. The van der Waals surface area contributed by atoms with Gasteiger partial charge in [0, 0.05) is 0 Å². The predicted octanol–water partition coefficient (Wildman–Crippen LogP) is 6.68. The number of rotatable bonds is 4. The standard InChI is InChI=1S/C25H39N6.2ClH.Mn/c1-16-13-19(23(4,5)6)26-29(16)22(30-17(2)14-20(27-30)24(7,8)9)31-18(3)15-21(28-31)25(10,11)12;;;/h13-15H,1-12H3;2*1H;/q;;;+2/p-2. The molecule has 0 atom stereocenters. The third kappa shape index (κ3) is 4.61. The zero-order valence-electron chi connectivity index (χ0n) is 22.5. The Morgan fingerprint density at radius 3 is 0.941 bits per heavy atom. The Hall–Kier alpha value is -1.27. The number of halogens is 2. The number of nitrogens with zero attached hydrogens (tertiary/aromatic N) is 6. The number of aromatic nitrogens is 6. The van der Waals surface area contributed by atoms with Crippen LogP contribution in [0.5, 0.6) is 0 Å². The summed E-state index contributed by atoms with van der Waals surface area (Å²) in [6.45, 7) is 25.5. The summed E-state index contributed by atoms with van der Waals surface area (Å²) in [6, 6.07) is 6.34. The second kappa shape index (κ2) is 8.69. The SMILES string of the molecule is Cc1cc(C(C)(C)C)nn1[C](n1nc(C(C)(C)C)cc1C)(n1nc(C(C)(C)C)cc1C)[Mn]([Cl])[Cl]. The summed E-state index contributed by atoms with van der Waals surface area (Å²) in [4.78, 5) is 0. The molecule has 0 aliphatic carbocycles. The third-order valence-electron chi connectivity index (χ3n) is 5.97. The minimum atomic E-state index is -2.23.